The quantitative estimate of drug-likeness (QED) is 0.812. The van der Waals surface area contributed by atoms with E-state index < -0.39 is 0 Å². The van der Waals surface area contributed by atoms with Gasteiger partial charge in [-0.05, 0) is 25.7 Å². The van der Waals surface area contributed by atoms with E-state index in [0.29, 0.717) is 12.1 Å². The Bertz CT molecular complexity index is 339. The summed E-state index contributed by atoms with van der Waals surface area (Å²) in [7, 11) is 1.80. The zero-order valence-electron chi connectivity index (χ0n) is 10.7. The lowest BCUT2D eigenvalue weighted by Crippen LogP contribution is -2.37. The van der Waals surface area contributed by atoms with Crippen LogP contribution in [0.15, 0.2) is 6.33 Å². The second kappa shape index (κ2) is 6.12. The molecule has 2 atom stereocenters. The van der Waals surface area contributed by atoms with Crippen LogP contribution in [0.1, 0.15) is 38.4 Å². The Labute approximate surface area is 103 Å². The van der Waals surface area contributed by atoms with Crippen LogP contribution in [-0.4, -0.2) is 34.0 Å². The molecule has 1 N–H and O–H groups in total. The summed E-state index contributed by atoms with van der Waals surface area (Å²) in [6, 6.07) is 0.465. The number of hydrogen-bond acceptors (Lipinski definition) is 4. The summed E-state index contributed by atoms with van der Waals surface area (Å²) < 4.78 is 7.44. The lowest BCUT2D eigenvalue weighted by Gasteiger charge is -2.19. The van der Waals surface area contributed by atoms with Crippen LogP contribution in [0.3, 0.4) is 0 Å². The molecule has 0 spiro atoms. The summed E-state index contributed by atoms with van der Waals surface area (Å²) in [5.74, 6) is 1.02. The SMILES string of the molecule is CCCn1ncnc1CNC1CCCC1OC. The van der Waals surface area contributed by atoms with Crippen molar-refractivity contribution >= 4 is 0 Å². The van der Waals surface area contributed by atoms with Crippen molar-refractivity contribution in [1.29, 1.82) is 0 Å². The largest absolute Gasteiger partial charge is 0.380 e. The maximum atomic E-state index is 5.47. The van der Waals surface area contributed by atoms with Crippen LogP contribution in [-0.2, 0) is 17.8 Å². The lowest BCUT2D eigenvalue weighted by atomic mass is 10.2. The van der Waals surface area contributed by atoms with Gasteiger partial charge >= 0.3 is 0 Å². The van der Waals surface area contributed by atoms with E-state index in [9.17, 15) is 0 Å². The molecule has 96 valence electrons. The molecule has 17 heavy (non-hydrogen) atoms. The minimum atomic E-state index is 0.359. The van der Waals surface area contributed by atoms with Gasteiger partial charge in [0, 0.05) is 19.7 Å². The van der Waals surface area contributed by atoms with Crippen LogP contribution >= 0.6 is 0 Å². The third kappa shape index (κ3) is 3.04. The van der Waals surface area contributed by atoms with E-state index in [4.69, 9.17) is 4.74 Å². The highest BCUT2D eigenvalue weighted by Crippen LogP contribution is 2.21. The van der Waals surface area contributed by atoms with E-state index in [1.165, 1.54) is 12.8 Å². The van der Waals surface area contributed by atoms with Gasteiger partial charge in [0.1, 0.15) is 12.2 Å². The van der Waals surface area contributed by atoms with Gasteiger partial charge in [0.15, 0.2) is 0 Å². The van der Waals surface area contributed by atoms with Crippen molar-refractivity contribution in [3.63, 3.8) is 0 Å². The molecule has 1 aliphatic rings. The summed E-state index contributed by atoms with van der Waals surface area (Å²) in [6.07, 6.45) is 6.68. The number of aromatic nitrogens is 3. The zero-order chi connectivity index (χ0) is 12.1. The van der Waals surface area contributed by atoms with Gasteiger partial charge in [-0.3, -0.25) is 0 Å². The number of aryl methyl sites for hydroxylation is 1. The molecule has 1 aromatic heterocycles. The van der Waals surface area contributed by atoms with Crippen molar-refractivity contribution in [3.8, 4) is 0 Å². The van der Waals surface area contributed by atoms with E-state index in [1.807, 2.05) is 4.68 Å². The van der Waals surface area contributed by atoms with Gasteiger partial charge < -0.3 is 10.1 Å². The Morgan fingerprint density at radius 2 is 2.41 bits per heavy atom. The Kier molecular flexibility index (Phi) is 4.50. The van der Waals surface area contributed by atoms with Crippen LogP contribution in [0.25, 0.3) is 0 Å². The number of nitrogens with zero attached hydrogens (tertiary/aromatic N) is 3. The van der Waals surface area contributed by atoms with Gasteiger partial charge in [0.05, 0.1) is 12.6 Å². The van der Waals surface area contributed by atoms with Crippen molar-refractivity contribution < 1.29 is 4.74 Å². The first-order valence-electron chi connectivity index (χ1n) is 6.48. The summed E-state index contributed by atoms with van der Waals surface area (Å²) in [4.78, 5) is 4.30. The maximum Gasteiger partial charge on any atom is 0.140 e. The Morgan fingerprint density at radius 1 is 1.53 bits per heavy atom. The molecule has 2 unspecified atom stereocenters. The predicted octanol–water partition coefficient (Wildman–Crippen LogP) is 1.35. The first-order valence-corrected chi connectivity index (χ1v) is 6.48. The maximum absolute atomic E-state index is 5.47. The third-order valence-electron chi connectivity index (χ3n) is 3.41. The molecule has 1 aliphatic carbocycles. The summed E-state index contributed by atoms with van der Waals surface area (Å²) in [5, 5.41) is 7.76. The van der Waals surface area contributed by atoms with E-state index >= 15 is 0 Å². The molecule has 5 heteroatoms. The Balaban J connectivity index is 1.86. The van der Waals surface area contributed by atoms with Crippen LogP contribution in [0.5, 0.6) is 0 Å². The fourth-order valence-electron chi connectivity index (χ4n) is 2.49. The van der Waals surface area contributed by atoms with Crippen molar-refractivity contribution in [3.05, 3.63) is 12.2 Å². The van der Waals surface area contributed by atoms with Crippen LogP contribution in [0, 0.1) is 0 Å². The van der Waals surface area contributed by atoms with Crippen LogP contribution < -0.4 is 5.32 Å². The number of ether oxygens (including phenoxy) is 1. The smallest absolute Gasteiger partial charge is 0.140 e. The highest BCUT2D eigenvalue weighted by molar-refractivity contribution is 4.89. The van der Waals surface area contributed by atoms with Crippen molar-refractivity contribution in [2.24, 2.45) is 0 Å². The molecule has 1 saturated carbocycles. The molecule has 0 saturated heterocycles. The van der Waals surface area contributed by atoms with Gasteiger partial charge in [-0.1, -0.05) is 6.92 Å². The molecule has 2 rings (SSSR count). The second-order valence-corrected chi connectivity index (χ2v) is 4.59. The molecule has 0 amide bonds. The van der Waals surface area contributed by atoms with Gasteiger partial charge in [-0.25, -0.2) is 9.67 Å². The molecule has 1 aromatic rings. The van der Waals surface area contributed by atoms with Gasteiger partial charge in [-0.15, -0.1) is 0 Å². The predicted molar refractivity (Wildman–Crippen MR) is 65.6 cm³/mol. The van der Waals surface area contributed by atoms with E-state index in [0.717, 1.165) is 31.8 Å². The number of rotatable bonds is 6. The first-order chi connectivity index (χ1) is 8.35. The summed E-state index contributed by atoms with van der Waals surface area (Å²) in [5.41, 5.74) is 0. The number of nitrogens with one attached hydrogen (secondary N) is 1. The van der Waals surface area contributed by atoms with Crippen LogP contribution in [0.2, 0.25) is 0 Å². The molecule has 0 bridgehead atoms. The molecule has 1 heterocycles. The average Bonchev–Trinajstić information content (AvgIpc) is 2.95. The number of methoxy groups -OCH3 is 1. The Morgan fingerprint density at radius 3 is 3.18 bits per heavy atom. The molecule has 0 radical (unpaired) electrons. The molecular weight excluding hydrogens is 216 g/mol. The Hall–Kier alpha value is -0.940. The van der Waals surface area contributed by atoms with Gasteiger partial charge in [0.25, 0.3) is 0 Å². The minimum absolute atomic E-state index is 0.359. The topological polar surface area (TPSA) is 52.0 Å². The number of hydrogen-bond donors (Lipinski definition) is 1. The normalized spacial score (nSPS) is 24.4. The highest BCUT2D eigenvalue weighted by atomic mass is 16.5. The van der Waals surface area contributed by atoms with Gasteiger partial charge in [-0.2, -0.15) is 5.10 Å². The zero-order valence-corrected chi connectivity index (χ0v) is 10.7. The van der Waals surface area contributed by atoms with Crippen LogP contribution in [0.4, 0.5) is 0 Å². The summed E-state index contributed by atoms with van der Waals surface area (Å²) in [6.45, 7) is 3.87. The molecule has 5 nitrogen and oxygen atoms in total. The molecule has 0 aliphatic heterocycles. The fraction of sp³-hybridized carbons (Fsp3) is 0.833. The first kappa shape index (κ1) is 12.5. The molecular formula is C12H22N4O. The summed E-state index contributed by atoms with van der Waals surface area (Å²) >= 11 is 0. The molecule has 0 aromatic carbocycles. The standard InChI is InChI=1S/C12H22N4O/c1-3-7-16-12(14-9-15-16)8-13-10-5-4-6-11(10)17-2/h9-11,13H,3-8H2,1-2H3. The van der Waals surface area contributed by atoms with E-state index in [1.54, 1.807) is 13.4 Å². The second-order valence-electron chi connectivity index (χ2n) is 4.59. The van der Waals surface area contributed by atoms with Gasteiger partial charge in [0.2, 0.25) is 0 Å². The lowest BCUT2D eigenvalue weighted by molar-refractivity contribution is 0.0843. The van der Waals surface area contributed by atoms with E-state index in [2.05, 4.69) is 22.3 Å². The fourth-order valence-corrected chi connectivity index (χ4v) is 2.49. The van der Waals surface area contributed by atoms with Crippen molar-refractivity contribution in [1.82, 2.24) is 20.1 Å². The van der Waals surface area contributed by atoms with Crippen molar-refractivity contribution in [2.75, 3.05) is 7.11 Å². The van der Waals surface area contributed by atoms with E-state index in [-0.39, 0.29) is 0 Å². The minimum Gasteiger partial charge on any atom is -0.380 e. The molecule has 1 fully saturated rings. The monoisotopic (exact) mass is 238 g/mol. The average molecular weight is 238 g/mol. The highest BCUT2D eigenvalue weighted by Gasteiger charge is 2.26. The third-order valence-corrected chi connectivity index (χ3v) is 3.41. The van der Waals surface area contributed by atoms with Crippen molar-refractivity contribution in [2.45, 2.75) is 57.8 Å².